The van der Waals surface area contributed by atoms with Crippen molar-refractivity contribution in [3.8, 4) is 0 Å². The summed E-state index contributed by atoms with van der Waals surface area (Å²) in [7, 11) is 0. The Balaban J connectivity index is 2.37. The summed E-state index contributed by atoms with van der Waals surface area (Å²) < 4.78 is 0. The average molecular weight is 298 g/mol. The second-order valence-corrected chi connectivity index (χ2v) is 4.60. The standard InChI is InChI=1S/C16H14N2O4/c1-2-10-4-3-5-13(6-10)17-18-14-8-11(15(19)20)7-12(9-14)16(21)22/h3-9H,2H2,1H3,(H,19,20)(H,21,22)/b18-17+. The molecular formula is C16H14N2O4. The first-order valence-corrected chi connectivity index (χ1v) is 6.62. The number of carboxylic acids is 2. The molecule has 0 aliphatic rings. The number of benzene rings is 2. The number of aromatic carboxylic acids is 2. The normalized spacial score (nSPS) is 10.8. The van der Waals surface area contributed by atoms with Gasteiger partial charge in [-0.15, -0.1) is 0 Å². The Labute approximate surface area is 126 Å². The van der Waals surface area contributed by atoms with Crippen molar-refractivity contribution in [2.24, 2.45) is 10.2 Å². The van der Waals surface area contributed by atoms with E-state index in [-0.39, 0.29) is 16.8 Å². The molecule has 0 atom stereocenters. The monoisotopic (exact) mass is 298 g/mol. The number of aryl methyl sites for hydroxylation is 1. The van der Waals surface area contributed by atoms with Crippen molar-refractivity contribution < 1.29 is 19.8 Å². The number of nitrogens with zero attached hydrogens (tertiary/aromatic N) is 2. The Kier molecular flexibility index (Phi) is 4.63. The lowest BCUT2D eigenvalue weighted by Crippen LogP contribution is -2.01. The quantitative estimate of drug-likeness (QED) is 0.813. The first-order valence-electron chi connectivity index (χ1n) is 6.62. The van der Waals surface area contributed by atoms with Gasteiger partial charge in [0.15, 0.2) is 0 Å². The summed E-state index contributed by atoms with van der Waals surface area (Å²) in [5, 5.41) is 26.0. The van der Waals surface area contributed by atoms with Crippen molar-refractivity contribution >= 4 is 23.3 Å². The molecule has 0 heterocycles. The Morgan fingerprint density at radius 2 is 1.50 bits per heavy atom. The minimum absolute atomic E-state index is 0.142. The first kappa shape index (κ1) is 15.4. The summed E-state index contributed by atoms with van der Waals surface area (Å²) in [5.41, 5.74) is 1.62. The highest BCUT2D eigenvalue weighted by Crippen LogP contribution is 2.22. The summed E-state index contributed by atoms with van der Waals surface area (Å²) in [5.74, 6) is -2.43. The molecule has 2 rings (SSSR count). The van der Waals surface area contributed by atoms with Gasteiger partial charge in [0.1, 0.15) is 0 Å². The molecule has 22 heavy (non-hydrogen) atoms. The average Bonchev–Trinajstić information content (AvgIpc) is 2.52. The molecule has 0 spiro atoms. The van der Waals surface area contributed by atoms with E-state index >= 15 is 0 Å². The zero-order chi connectivity index (χ0) is 16.1. The zero-order valence-electron chi connectivity index (χ0n) is 11.9. The van der Waals surface area contributed by atoms with E-state index in [1.54, 1.807) is 6.07 Å². The third-order valence-corrected chi connectivity index (χ3v) is 3.01. The smallest absolute Gasteiger partial charge is 0.335 e. The number of hydrogen-bond acceptors (Lipinski definition) is 4. The highest BCUT2D eigenvalue weighted by Gasteiger charge is 2.11. The fourth-order valence-corrected chi connectivity index (χ4v) is 1.87. The Morgan fingerprint density at radius 1 is 0.909 bits per heavy atom. The molecule has 0 bridgehead atoms. The van der Waals surface area contributed by atoms with Crippen LogP contribution in [0.4, 0.5) is 11.4 Å². The van der Waals surface area contributed by atoms with Gasteiger partial charge in [0.25, 0.3) is 0 Å². The Bertz CT molecular complexity index is 721. The Hall–Kier alpha value is -3.02. The number of rotatable bonds is 5. The molecule has 0 saturated carbocycles. The fraction of sp³-hybridized carbons (Fsp3) is 0.125. The van der Waals surface area contributed by atoms with Crippen LogP contribution in [0.15, 0.2) is 52.7 Å². The molecule has 0 saturated heterocycles. The van der Waals surface area contributed by atoms with Gasteiger partial charge in [0, 0.05) is 0 Å². The van der Waals surface area contributed by atoms with Gasteiger partial charge in [-0.2, -0.15) is 10.2 Å². The summed E-state index contributed by atoms with van der Waals surface area (Å²) in [6.07, 6.45) is 0.862. The highest BCUT2D eigenvalue weighted by atomic mass is 16.4. The molecule has 0 amide bonds. The van der Waals surface area contributed by atoms with Gasteiger partial charge in [-0.25, -0.2) is 9.59 Å². The molecule has 2 aromatic rings. The highest BCUT2D eigenvalue weighted by molar-refractivity contribution is 5.95. The lowest BCUT2D eigenvalue weighted by atomic mass is 10.1. The summed E-state index contributed by atoms with van der Waals surface area (Å²) in [6, 6.07) is 11.1. The van der Waals surface area contributed by atoms with Crippen molar-refractivity contribution in [1.82, 2.24) is 0 Å². The molecule has 0 fully saturated rings. The fourth-order valence-electron chi connectivity index (χ4n) is 1.87. The molecule has 6 nitrogen and oxygen atoms in total. The minimum atomic E-state index is -1.22. The van der Waals surface area contributed by atoms with Gasteiger partial charge in [-0.1, -0.05) is 19.1 Å². The summed E-state index contributed by atoms with van der Waals surface area (Å²) in [6.45, 7) is 2.02. The van der Waals surface area contributed by atoms with E-state index in [0.29, 0.717) is 5.69 Å². The molecule has 6 heteroatoms. The maximum atomic E-state index is 11.0. The van der Waals surface area contributed by atoms with Crippen molar-refractivity contribution in [3.05, 3.63) is 59.2 Å². The Morgan fingerprint density at radius 3 is 2.05 bits per heavy atom. The van der Waals surface area contributed by atoms with Crippen LogP contribution in [0.3, 0.4) is 0 Å². The molecule has 2 aromatic carbocycles. The van der Waals surface area contributed by atoms with Crippen LogP contribution in [0.2, 0.25) is 0 Å². The topological polar surface area (TPSA) is 99.3 Å². The van der Waals surface area contributed by atoms with Gasteiger partial charge in [0.05, 0.1) is 22.5 Å². The van der Waals surface area contributed by atoms with Crippen LogP contribution in [0, 0.1) is 0 Å². The SMILES string of the molecule is CCc1cccc(/N=N/c2cc(C(=O)O)cc(C(=O)O)c2)c1. The van der Waals surface area contributed by atoms with Crippen molar-refractivity contribution in [1.29, 1.82) is 0 Å². The molecule has 0 aliphatic heterocycles. The number of carbonyl (C=O) groups is 2. The van der Waals surface area contributed by atoms with Crippen LogP contribution in [0.5, 0.6) is 0 Å². The van der Waals surface area contributed by atoms with E-state index in [1.807, 2.05) is 25.1 Å². The molecule has 0 aliphatic carbocycles. The zero-order valence-corrected chi connectivity index (χ0v) is 11.9. The maximum absolute atomic E-state index is 11.0. The van der Waals surface area contributed by atoms with Crippen LogP contribution < -0.4 is 0 Å². The van der Waals surface area contributed by atoms with Gasteiger partial charge in [-0.05, 0) is 42.3 Å². The maximum Gasteiger partial charge on any atom is 0.335 e. The number of carboxylic acid groups (broad SMARTS) is 2. The number of azo groups is 1. The molecule has 2 N–H and O–H groups in total. The van der Waals surface area contributed by atoms with Crippen LogP contribution in [-0.2, 0) is 6.42 Å². The largest absolute Gasteiger partial charge is 0.478 e. The second kappa shape index (κ2) is 6.62. The molecule has 0 aromatic heterocycles. The lowest BCUT2D eigenvalue weighted by molar-refractivity contribution is 0.0696. The molecule has 112 valence electrons. The van der Waals surface area contributed by atoms with E-state index in [2.05, 4.69) is 10.2 Å². The van der Waals surface area contributed by atoms with E-state index in [1.165, 1.54) is 12.1 Å². The minimum Gasteiger partial charge on any atom is -0.478 e. The van der Waals surface area contributed by atoms with Gasteiger partial charge in [0.2, 0.25) is 0 Å². The molecular weight excluding hydrogens is 284 g/mol. The van der Waals surface area contributed by atoms with Gasteiger partial charge in [-0.3, -0.25) is 0 Å². The van der Waals surface area contributed by atoms with Crippen LogP contribution in [-0.4, -0.2) is 22.2 Å². The molecule has 0 unspecified atom stereocenters. The number of hydrogen-bond donors (Lipinski definition) is 2. The third-order valence-electron chi connectivity index (χ3n) is 3.01. The second-order valence-electron chi connectivity index (χ2n) is 4.60. The van der Waals surface area contributed by atoms with Gasteiger partial charge >= 0.3 is 11.9 Å². The van der Waals surface area contributed by atoms with Crippen LogP contribution >= 0.6 is 0 Å². The first-order chi connectivity index (χ1) is 10.5. The van der Waals surface area contributed by atoms with E-state index in [9.17, 15) is 9.59 Å². The predicted octanol–water partition coefficient (Wildman–Crippen LogP) is 4.06. The van der Waals surface area contributed by atoms with Crippen LogP contribution in [0.25, 0.3) is 0 Å². The van der Waals surface area contributed by atoms with Crippen molar-refractivity contribution in [3.63, 3.8) is 0 Å². The van der Waals surface area contributed by atoms with E-state index in [0.717, 1.165) is 18.1 Å². The van der Waals surface area contributed by atoms with Gasteiger partial charge < -0.3 is 10.2 Å². The van der Waals surface area contributed by atoms with Crippen molar-refractivity contribution in [2.75, 3.05) is 0 Å². The van der Waals surface area contributed by atoms with E-state index in [4.69, 9.17) is 10.2 Å². The van der Waals surface area contributed by atoms with Crippen LogP contribution in [0.1, 0.15) is 33.2 Å². The molecule has 0 radical (unpaired) electrons. The third kappa shape index (κ3) is 3.76. The van der Waals surface area contributed by atoms with Crippen molar-refractivity contribution in [2.45, 2.75) is 13.3 Å². The lowest BCUT2D eigenvalue weighted by Gasteiger charge is -2.01. The predicted molar refractivity (Wildman–Crippen MR) is 80.4 cm³/mol. The van der Waals surface area contributed by atoms with E-state index < -0.39 is 11.9 Å². The summed E-state index contributed by atoms with van der Waals surface area (Å²) in [4.78, 5) is 22.0. The summed E-state index contributed by atoms with van der Waals surface area (Å²) >= 11 is 0.